The van der Waals surface area contributed by atoms with Gasteiger partial charge in [0.05, 0.1) is 0 Å². The van der Waals surface area contributed by atoms with Gasteiger partial charge in [0.2, 0.25) is 5.91 Å². The number of hydrogen-bond acceptors (Lipinski definition) is 2. The summed E-state index contributed by atoms with van der Waals surface area (Å²) in [6, 6.07) is 0.0940. The van der Waals surface area contributed by atoms with Gasteiger partial charge in [-0.2, -0.15) is 0 Å². The van der Waals surface area contributed by atoms with Crippen LogP contribution in [0.25, 0.3) is 0 Å². The van der Waals surface area contributed by atoms with Crippen molar-refractivity contribution < 1.29 is 4.79 Å². The second kappa shape index (κ2) is 5.85. The van der Waals surface area contributed by atoms with E-state index in [1.54, 1.807) is 0 Å². The summed E-state index contributed by atoms with van der Waals surface area (Å²) in [5.74, 6) is 1.44. The van der Waals surface area contributed by atoms with Gasteiger partial charge in [-0.05, 0) is 43.4 Å². The van der Waals surface area contributed by atoms with Gasteiger partial charge in [-0.3, -0.25) is 4.79 Å². The first-order chi connectivity index (χ1) is 7.82. The largest absolute Gasteiger partial charge is 0.352 e. The van der Waals surface area contributed by atoms with E-state index < -0.39 is 0 Å². The minimum absolute atomic E-state index is 0.0940. The molecule has 1 amide bonds. The minimum atomic E-state index is 0.0940. The molecule has 0 bridgehead atoms. The lowest BCUT2D eigenvalue weighted by Crippen LogP contribution is -2.39. The van der Waals surface area contributed by atoms with Gasteiger partial charge in [0.1, 0.15) is 0 Å². The summed E-state index contributed by atoms with van der Waals surface area (Å²) in [5, 5.41) is 2.96. The van der Waals surface area contributed by atoms with Gasteiger partial charge in [0.15, 0.2) is 0 Å². The van der Waals surface area contributed by atoms with E-state index in [2.05, 4.69) is 26.1 Å². The normalized spacial score (nSPS) is 29.7. The lowest BCUT2D eigenvalue weighted by molar-refractivity contribution is -0.123. The van der Waals surface area contributed by atoms with Gasteiger partial charge in [-0.25, -0.2) is 0 Å². The topological polar surface area (TPSA) is 55.1 Å². The Morgan fingerprint density at radius 3 is 2.65 bits per heavy atom. The number of nitrogens with two attached hydrogens (primary N) is 1. The molecule has 0 aromatic rings. The summed E-state index contributed by atoms with van der Waals surface area (Å²) in [4.78, 5) is 11.8. The molecule has 3 atom stereocenters. The summed E-state index contributed by atoms with van der Waals surface area (Å²) < 4.78 is 0. The highest BCUT2D eigenvalue weighted by Crippen LogP contribution is 2.42. The smallest absolute Gasteiger partial charge is 0.220 e. The molecule has 0 saturated heterocycles. The molecule has 0 aromatic heterocycles. The zero-order valence-corrected chi connectivity index (χ0v) is 11.8. The maximum atomic E-state index is 11.8. The van der Waals surface area contributed by atoms with E-state index >= 15 is 0 Å². The van der Waals surface area contributed by atoms with Gasteiger partial charge in [0, 0.05) is 19.0 Å². The third kappa shape index (κ3) is 5.07. The van der Waals surface area contributed by atoms with Crippen LogP contribution in [-0.4, -0.2) is 18.5 Å². The van der Waals surface area contributed by atoms with Crippen molar-refractivity contribution in [2.24, 2.45) is 23.0 Å². The van der Waals surface area contributed by atoms with E-state index in [1.165, 1.54) is 19.3 Å². The fraction of sp³-hybridized carbons (Fsp3) is 0.929. The number of hydrogen-bond donors (Lipinski definition) is 2. The SMILES string of the molecule is CC1CC(CC(=O)N[C@@H](C)CN)CC(C)(C)C1. The molecule has 1 saturated carbocycles. The van der Waals surface area contributed by atoms with E-state index in [0.717, 1.165) is 5.92 Å². The van der Waals surface area contributed by atoms with E-state index in [9.17, 15) is 4.79 Å². The predicted octanol–water partition coefficient (Wildman–Crippen LogP) is 2.30. The second-order valence-corrected chi connectivity index (χ2v) is 6.69. The molecule has 3 heteroatoms. The maximum absolute atomic E-state index is 11.8. The van der Waals surface area contributed by atoms with Crippen molar-refractivity contribution >= 4 is 5.91 Å². The standard InChI is InChI=1S/C14H28N2O/c1-10-5-12(8-14(3,4)7-10)6-13(17)16-11(2)9-15/h10-12H,5-9,15H2,1-4H3,(H,16,17)/t10?,11-,12?/m0/s1. The highest BCUT2D eigenvalue weighted by Gasteiger charge is 2.32. The first kappa shape index (κ1) is 14.5. The van der Waals surface area contributed by atoms with E-state index in [-0.39, 0.29) is 11.9 Å². The Morgan fingerprint density at radius 2 is 2.12 bits per heavy atom. The first-order valence-corrected chi connectivity index (χ1v) is 6.82. The average Bonchev–Trinajstić information content (AvgIpc) is 2.13. The van der Waals surface area contributed by atoms with Crippen LogP contribution in [0.1, 0.15) is 53.4 Å². The molecule has 0 spiro atoms. The Labute approximate surface area is 106 Å². The van der Waals surface area contributed by atoms with Crippen molar-refractivity contribution in [3.8, 4) is 0 Å². The highest BCUT2D eigenvalue weighted by atomic mass is 16.1. The van der Waals surface area contributed by atoms with Gasteiger partial charge >= 0.3 is 0 Å². The highest BCUT2D eigenvalue weighted by molar-refractivity contribution is 5.76. The number of carbonyl (C=O) groups is 1. The van der Waals surface area contributed by atoms with Crippen LogP contribution < -0.4 is 11.1 Å². The number of nitrogens with one attached hydrogen (secondary N) is 1. The minimum Gasteiger partial charge on any atom is -0.352 e. The van der Waals surface area contributed by atoms with Crippen LogP contribution in [0.3, 0.4) is 0 Å². The molecule has 3 nitrogen and oxygen atoms in total. The summed E-state index contributed by atoms with van der Waals surface area (Å²) in [6.07, 6.45) is 4.30. The van der Waals surface area contributed by atoms with E-state index in [4.69, 9.17) is 5.73 Å². The fourth-order valence-corrected chi connectivity index (χ4v) is 3.35. The lowest BCUT2D eigenvalue weighted by atomic mass is 9.67. The summed E-state index contributed by atoms with van der Waals surface area (Å²) in [5.41, 5.74) is 5.89. The van der Waals surface area contributed by atoms with Crippen molar-refractivity contribution in [1.29, 1.82) is 0 Å². The van der Waals surface area contributed by atoms with Crippen LogP contribution in [0.15, 0.2) is 0 Å². The molecule has 0 heterocycles. The molecule has 3 N–H and O–H groups in total. The molecule has 2 unspecified atom stereocenters. The quantitative estimate of drug-likeness (QED) is 0.792. The summed E-state index contributed by atoms with van der Waals surface area (Å²) in [7, 11) is 0. The molecule has 1 rings (SSSR count). The predicted molar refractivity (Wildman–Crippen MR) is 71.6 cm³/mol. The molecular weight excluding hydrogens is 212 g/mol. The summed E-state index contributed by atoms with van der Waals surface area (Å²) in [6.45, 7) is 9.39. The molecule has 0 aliphatic heterocycles. The zero-order chi connectivity index (χ0) is 13.1. The number of amides is 1. The molecule has 1 aliphatic rings. The third-order valence-electron chi connectivity index (χ3n) is 3.71. The fourth-order valence-electron chi connectivity index (χ4n) is 3.35. The lowest BCUT2D eigenvalue weighted by Gasteiger charge is -2.38. The summed E-state index contributed by atoms with van der Waals surface area (Å²) >= 11 is 0. The number of rotatable bonds is 4. The second-order valence-electron chi connectivity index (χ2n) is 6.69. The van der Waals surface area contributed by atoms with Crippen molar-refractivity contribution in [3.63, 3.8) is 0 Å². The average molecular weight is 240 g/mol. The number of carbonyl (C=O) groups excluding carboxylic acids is 1. The molecule has 17 heavy (non-hydrogen) atoms. The monoisotopic (exact) mass is 240 g/mol. The van der Waals surface area contributed by atoms with Crippen LogP contribution in [-0.2, 0) is 4.79 Å². The Bertz CT molecular complexity index is 263. The zero-order valence-electron chi connectivity index (χ0n) is 11.8. The molecule has 0 radical (unpaired) electrons. The Morgan fingerprint density at radius 1 is 1.47 bits per heavy atom. The van der Waals surface area contributed by atoms with Crippen molar-refractivity contribution in [2.75, 3.05) is 6.54 Å². The Hall–Kier alpha value is -0.570. The van der Waals surface area contributed by atoms with Crippen LogP contribution in [0, 0.1) is 17.3 Å². The first-order valence-electron chi connectivity index (χ1n) is 6.82. The van der Waals surface area contributed by atoms with E-state index in [1.807, 2.05) is 6.92 Å². The van der Waals surface area contributed by atoms with Crippen molar-refractivity contribution in [2.45, 2.75) is 59.4 Å². The van der Waals surface area contributed by atoms with Gasteiger partial charge in [-0.1, -0.05) is 20.8 Å². The Kier molecular flexibility index (Phi) is 4.99. The van der Waals surface area contributed by atoms with Crippen LogP contribution in [0.5, 0.6) is 0 Å². The van der Waals surface area contributed by atoms with Crippen LogP contribution in [0.4, 0.5) is 0 Å². The van der Waals surface area contributed by atoms with Crippen LogP contribution in [0.2, 0.25) is 0 Å². The molecule has 1 fully saturated rings. The molecule has 0 aromatic carbocycles. The molecule has 100 valence electrons. The van der Waals surface area contributed by atoms with Gasteiger partial charge in [0.25, 0.3) is 0 Å². The third-order valence-corrected chi connectivity index (χ3v) is 3.71. The molecule has 1 aliphatic carbocycles. The van der Waals surface area contributed by atoms with E-state index in [0.29, 0.717) is 24.3 Å². The van der Waals surface area contributed by atoms with Gasteiger partial charge < -0.3 is 11.1 Å². The van der Waals surface area contributed by atoms with Gasteiger partial charge in [-0.15, -0.1) is 0 Å². The Balaban J connectivity index is 2.43. The molecular formula is C14H28N2O. The van der Waals surface area contributed by atoms with Crippen LogP contribution >= 0.6 is 0 Å². The van der Waals surface area contributed by atoms with Crippen molar-refractivity contribution in [3.05, 3.63) is 0 Å². The maximum Gasteiger partial charge on any atom is 0.220 e. The van der Waals surface area contributed by atoms with Crippen molar-refractivity contribution in [1.82, 2.24) is 5.32 Å².